The Morgan fingerprint density at radius 2 is 1.07 bits per heavy atom. The molecule has 2 aromatic heterocycles. The number of nitrogens with one attached hydrogen (secondary N) is 1. The summed E-state index contributed by atoms with van der Waals surface area (Å²) in [7, 11) is 0. The Bertz CT molecular complexity index is 3640. The first-order chi connectivity index (χ1) is 30.3. The minimum absolute atomic E-state index is 0.389. The van der Waals surface area contributed by atoms with Crippen LogP contribution in [0.2, 0.25) is 0 Å². The number of nitrogens with zero attached hydrogens (tertiary/aromatic N) is 3. The predicted molar refractivity (Wildman–Crippen MR) is 252 cm³/mol. The lowest BCUT2D eigenvalue weighted by atomic mass is 9.90. The predicted octanol–water partition coefficient (Wildman–Crippen LogP) is 14.1. The standard InChI is InChI=1S/C56H36N4O/c1-4-16-35(17-5-1)45-33-46(36-18-6-2-7-19-36)58-56(57-45)60-48-28-13-11-23-43(48)53-39(24-15-29-49(53)60)37-30-31-40-41-25-14-26-44-54-42-22-10-12-27-47(42)59(38-20-8-3-9-21-38)50(54)34-52(55(41)44)61-51(40)32-37/h1-34,56-57H. The van der Waals surface area contributed by atoms with E-state index >= 15 is 0 Å². The summed E-state index contributed by atoms with van der Waals surface area (Å²) in [5, 5.41) is 11.0. The van der Waals surface area contributed by atoms with Gasteiger partial charge in [-0.2, -0.15) is 0 Å². The van der Waals surface area contributed by atoms with E-state index < -0.39 is 0 Å². The molecule has 0 saturated carbocycles. The molecule has 0 spiro atoms. The number of ether oxygens (including phenoxy) is 1. The van der Waals surface area contributed by atoms with Gasteiger partial charge in [0.25, 0.3) is 0 Å². The van der Waals surface area contributed by atoms with Gasteiger partial charge < -0.3 is 19.2 Å². The number of para-hydroxylation sites is 3. The lowest BCUT2D eigenvalue weighted by molar-refractivity contribution is 0.488. The first-order valence-corrected chi connectivity index (χ1v) is 20.8. The minimum Gasteiger partial charge on any atom is -0.456 e. The van der Waals surface area contributed by atoms with Gasteiger partial charge in [0.05, 0.1) is 27.8 Å². The van der Waals surface area contributed by atoms with E-state index in [2.05, 4.69) is 215 Å². The molecule has 13 rings (SSSR count). The highest BCUT2D eigenvalue weighted by molar-refractivity contribution is 6.25. The van der Waals surface area contributed by atoms with Gasteiger partial charge in [-0.25, -0.2) is 4.99 Å². The van der Waals surface area contributed by atoms with Crippen LogP contribution in [0.3, 0.4) is 0 Å². The molecule has 1 unspecified atom stereocenters. The quantitative estimate of drug-likeness (QED) is 0.189. The van der Waals surface area contributed by atoms with Crippen LogP contribution in [0.15, 0.2) is 211 Å². The summed E-state index contributed by atoms with van der Waals surface area (Å²) in [5.74, 6) is 1.72. The topological polar surface area (TPSA) is 43.5 Å². The van der Waals surface area contributed by atoms with Gasteiger partial charge in [-0.05, 0) is 81.7 Å². The zero-order valence-electron chi connectivity index (χ0n) is 33.0. The van der Waals surface area contributed by atoms with Crippen LogP contribution < -0.4 is 10.1 Å². The van der Waals surface area contributed by atoms with Crippen LogP contribution in [-0.2, 0) is 0 Å². The summed E-state index contributed by atoms with van der Waals surface area (Å²) in [6.07, 6.45) is 1.78. The normalized spacial score (nSPS) is 14.5. The summed E-state index contributed by atoms with van der Waals surface area (Å²) in [4.78, 5) is 5.40. The second kappa shape index (κ2) is 13.2. The smallest absolute Gasteiger partial charge is 0.201 e. The highest BCUT2D eigenvalue weighted by Gasteiger charge is 2.27. The highest BCUT2D eigenvalue weighted by atomic mass is 16.5. The van der Waals surface area contributed by atoms with Crippen LogP contribution >= 0.6 is 0 Å². The van der Waals surface area contributed by atoms with E-state index in [0.717, 1.165) is 78.3 Å². The van der Waals surface area contributed by atoms with Gasteiger partial charge in [-0.1, -0.05) is 152 Å². The first kappa shape index (κ1) is 33.8. The summed E-state index contributed by atoms with van der Waals surface area (Å²) in [6, 6.07) is 71.3. The molecule has 2 aliphatic rings. The molecular formula is C56H36N4O. The van der Waals surface area contributed by atoms with Crippen molar-refractivity contribution >= 4 is 65.8 Å². The monoisotopic (exact) mass is 780 g/mol. The van der Waals surface area contributed by atoms with Crippen LogP contribution in [0, 0.1) is 0 Å². The van der Waals surface area contributed by atoms with Gasteiger partial charge in [0.2, 0.25) is 6.29 Å². The maximum atomic E-state index is 7.06. The number of aliphatic imine (C=N–C) groups is 1. The maximum Gasteiger partial charge on any atom is 0.201 e. The Balaban J connectivity index is 0.981. The average molecular weight is 781 g/mol. The van der Waals surface area contributed by atoms with E-state index in [1.807, 2.05) is 6.07 Å². The molecule has 0 radical (unpaired) electrons. The molecule has 9 aromatic carbocycles. The molecule has 0 aliphatic carbocycles. The summed E-state index contributed by atoms with van der Waals surface area (Å²) in [5.41, 5.74) is 14.3. The molecule has 0 fully saturated rings. The molecule has 286 valence electrons. The Labute approximate surface area is 351 Å². The van der Waals surface area contributed by atoms with Gasteiger partial charge in [-0.15, -0.1) is 0 Å². The fraction of sp³-hybridized carbons (Fsp3) is 0.0179. The number of benzene rings is 9. The first-order valence-electron chi connectivity index (χ1n) is 20.8. The van der Waals surface area contributed by atoms with E-state index in [1.54, 1.807) is 0 Å². The van der Waals surface area contributed by atoms with Crippen molar-refractivity contribution in [2.75, 3.05) is 0 Å². The third kappa shape index (κ3) is 5.11. The van der Waals surface area contributed by atoms with Crippen LogP contribution in [0.4, 0.5) is 0 Å². The zero-order chi connectivity index (χ0) is 40.0. The van der Waals surface area contributed by atoms with Crippen molar-refractivity contribution in [2.24, 2.45) is 4.99 Å². The summed E-state index contributed by atoms with van der Waals surface area (Å²) < 4.78 is 11.8. The van der Waals surface area contributed by atoms with E-state index in [1.165, 1.54) is 38.0 Å². The van der Waals surface area contributed by atoms with Crippen LogP contribution in [0.1, 0.15) is 17.4 Å². The summed E-state index contributed by atoms with van der Waals surface area (Å²) >= 11 is 0. The Morgan fingerprint density at radius 1 is 0.426 bits per heavy atom. The summed E-state index contributed by atoms with van der Waals surface area (Å²) in [6.45, 7) is 0. The molecular weight excluding hydrogens is 745 g/mol. The van der Waals surface area contributed by atoms with Crippen LogP contribution in [-0.4, -0.2) is 14.8 Å². The second-order valence-electron chi connectivity index (χ2n) is 15.9. The third-order valence-electron chi connectivity index (χ3n) is 12.5. The second-order valence-corrected chi connectivity index (χ2v) is 15.9. The van der Waals surface area contributed by atoms with Crippen molar-refractivity contribution < 1.29 is 4.74 Å². The molecule has 0 bridgehead atoms. The Morgan fingerprint density at radius 3 is 1.87 bits per heavy atom. The molecule has 0 amide bonds. The van der Waals surface area contributed by atoms with Crippen molar-refractivity contribution in [3.05, 3.63) is 217 Å². The largest absolute Gasteiger partial charge is 0.456 e. The molecule has 61 heavy (non-hydrogen) atoms. The van der Waals surface area contributed by atoms with E-state index in [-0.39, 0.29) is 6.29 Å². The van der Waals surface area contributed by atoms with E-state index in [9.17, 15) is 0 Å². The van der Waals surface area contributed by atoms with Crippen molar-refractivity contribution in [1.82, 2.24) is 14.5 Å². The van der Waals surface area contributed by atoms with E-state index in [4.69, 9.17) is 9.73 Å². The van der Waals surface area contributed by atoms with Crippen LogP contribution in [0.5, 0.6) is 11.5 Å². The van der Waals surface area contributed by atoms with E-state index in [0.29, 0.717) is 0 Å². The van der Waals surface area contributed by atoms with Gasteiger partial charge in [-0.3, -0.25) is 0 Å². The highest BCUT2D eigenvalue weighted by Crippen LogP contribution is 2.52. The number of aromatic nitrogens is 2. The van der Waals surface area contributed by atoms with Crippen molar-refractivity contribution in [1.29, 1.82) is 0 Å². The number of hydrogen-bond acceptors (Lipinski definition) is 3. The molecule has 1 N–H and O–H groups in total. The Hall–Kier alpha value is -8.15. The zero-order valence-corrected chi connectivity index (χ0v) is 33.0. The SMILES string of the molecule is C1=C(c2ccccc2)NC(n2c3ccccc3c3c(-c4ccc5c(c4)Oc4cc6c(c7cccc-5c47)c4ccccc4n6-c4ccccc4)cccc32)N=C1c1ccccc1. The van der Waals surface area contributed by atoms with Crippen molar-refractivity contribution in [3.63, 3.8) is 0 Å². The van der Waals surface area contributed by atoms with Crippen molar-refractivity contribution in [2.45, 2.75) is 6.29 Å². The molecule has 2 aliphatic heterocycles. The average Bonchev–Trinajstić information content (AvgIpc) is 3.85. The lowest BCUT2D eigenvalue weighted by Crippen LogP contribution is -2.29. The van der Waals surface area contributed by atoms with Crippen molar-refractivity contribution in [3.8, 4) is 39.4 Å². The van der Waals surface area contributed by atoms with Crippen LogP contribution in [0.25, 0.3) is 88.0 Å². The molecule has 5 nitrogen and oxygen atoms in total. The fourth-order valence-corrected chi connectivity index (χ4v) is 9.92. The molecule has 11 aromatic rings. The molecule has 4 heterocycles. The molecule has 0 saturated heterocycles. The van der Waals surface area contributed by atoms with Gasteiger partial charge in [0.1, 0.15) is 11.5 Å². The fourth-order valence-electron chi connectivity index (χ4n) is 9.92. The number of rotatable bonds is 5. The molecule has 5 heteroatoms. The number of fused-ring (bicyclic) bond motifs is 9. The maximum absolute atomic E-state index is 7.06. The van der Waals surface area contributed by atoms with Gasteiger partial charge in [0.15, 0.2) is 0 Å². The third-order valence-corrected chi connectivity index (χ3v) is 12.5. The number of hydrogen-bond donors (Lipinski definition) is 1. The lowest BCUT2D eigenvalue weighted by Gasteiger charge is -2.27. The minimum atomic E-state index is -0.389. The number of allylic oxidation sites excluding steroid dienone is 1. The van der Waals surface area contributed by atoms with Gasteiger partial charge >= 0.3 is 0 Å². The molecule has 1 atom stereocenters. The Kier molecular flexibility index (Phi) is 7.30. The van der Waals surface area contributed by atoms with Gasteiger partial charge in [0, 0.05) is 49.9 Å².